The van der Waals surface area contributed by atoms with Crippen LogP contribution in [0.15, 0.2) is 152 Å². The van der Waals surface area contributed by atoms with Crippen LogP contribution in [0.3, 0.4) is 0 Å². The van der Waals surface area contributed by atoms with Crippen LogP contribution >= 0.6 is 0 Å². The van der Waals surface area contributed by atoms with E-state index in [-0.39, 0.29) is 18.3 Å². The Labute approximate surface area is 308 Å². The van der Waals surface area contributed by atoms with Gasteiger partial charge < -0.3 is 18.8 Å². The number of rotatable bonds is 10. The van der Waals surface area contributed by atoms with Gasteiger partial charge in [0.25, 0.3) is 0 Å². The molecule has 0 amide bonds. The smallest absolute Gasteiger partial charge is 0.494 e. The number of aromatic nitrogens is 1. The Balaban J connectivity index is 1.16. The molecule has 6 aromatic rings. The van der Waals surface area contributed by atoms with Crippen molar-refractivity contribution in [2.24, 2.45) is 0 Å². The molecule has 0 atom stereocenters. The Bertz CT molecular complexity index is 2070. The van der Waals surface area contributed by atoms with Crippen LogP contribution in [0.4, 0.5) is 0 Å². The molecular weight excluding hydrogens is 641 g/mol. The molecule has 1 aliphatic heterocycles. The van der Waals surface area contributed by atoms with Crippen molar-refractivity contribution in [3.63, 3.8) is 0 Å². The van der Waals surface area contributed by atoms with Crippen LogP contribution in [-0.2, 0) is 15.9 Å². The van der Waals surface area contributed by atoms with Gasteiger partial charge in [0.05, 0.1) is 25.4 Å². The van der Waals surface area contributed by atoms with Crippen LogP contribution in [-0.4, -0.2) is 32.5 Å². The maximum Gasteiger partial charge on any atom is 0.494 e. The third kappa shape index (κ3) is 7.31. The molecule has 52 heavy (non-hydrogen) atoms. The lowest BCUT2D eigenvalue weighted by Crippen LogP contribution is -2.41. The Kier molecular flexibility index (Phi) is 9.87. The molecule has 0 radical (unpaired) electrons. The highest BCUT2D eigenvalue weighted by atomic mass is 16.7. The third-order valence-electron chi connectivity index (χ3n) is 10.3. The zero-order valence-corrected chi connectivity index (χ0v) is 30.8. The lowest BCUT2D eigenvalue weighted by atomic mass is 9.79. The number of hydrogen-bond acceptors (Lipinski definition) is 4. The summed E-state index contributed by atoms with van der Waals surface area (Å²) in [5.74, 6) is 1.65. The molecule has 1 fully saturated rings. The maximum absolute atomic E-state index is 6.24. The van der Waals surface area contributed by atoms with Crippen LogP contribution in [0.5, 0.6) is 11.5 Å². The van der Waals surface area contributed by atoms with Crippen LogP contribution in [0.25, 0.3) is 22.3 Å². The first-order valence-electron chi connectivity index (χ1n) is 17.8. The van der Waals surface area contributed by atoms with Crippen molar-refractivity contribution < 1.29 is 23.3 Å². The second kappa shape index (κ2) is 14.7. The van der Waals surface area contributed by atoms with Gasteiger partial charge in [0.15, 0.2) is 18.9 Å². The summed E-state index contributed by atoms with van der Waals surface area (Å²) in [6.45, 7) is 9.10. The molecule has 0 saturated carbocycles. The van der Waals surface area contributed by atoms with Gasteiger partial charge in [-0.15, -0.1) is 0 Å². The summed E-state index contributed by atoms with van der Waals surface area (Å²) >= 11 is 0. The predicted molar refractivity (Wildman–Crippen MR) is 211 cm³/mol. The van der Waals surface area contributed by atoms with E-state index in [1.807, 2.05) is 24.3 Å². The fraction of sp³-hybridized carbons (Fsp3) is 0.196. The second-order valence-electron chi connectivity index (χ2n) is 14.2. The first-order valence-corrected chi connectivity index (χ1v) is 17.8. The van der Waals surface area contributed by atoms with E-state index in [1.165, 1.54) is 5.56 Å². The summed E-state index contributed by atoms with van der Waals surface area (Å²) in [4.78, 5) is 0. The monoisotopic (exact) mass is 686 g/mol. The minimum atomic E-state index is -0.355. The standard InChI is InChI=1S/C46H45BNO4/c1-45(2)46(3,4)52-47(51-45)40-22-12-33(13-23-40)32-48-30-28-35(29-31-48)34-14-16-37(17-15-34)43(36-10-8-7-9-11-36)44(38-18-24-41(49-5)25-19-38)39-20-26-42(50-6)27-21-39/h7-31H,32H2,1-6H3/q+1. The van der Waals surface area contributed by atoms with Gasteiger partial charge in [0, 0.05) is 17.7 Å². The van der Waals surface area contributed by atoms with Gasteiger partial charge in [-0.3, -0.25) is 0 Å². The molecule has 5 aromatic carbocycles. The first-order chi connectivity index (χ1) is 25.1. The normalized spacial score (nSPS) is 14.5. The van der Waals surface area contributed by atoms with E-state index in [2.05, 4.69) is 160 Å². The zero-order chi connectivity index (χ0) is 36.3. The highest BCUT2D eigenvalue weighted by Gasteiger charge is 2.51. The van der Waals surface area contributed by atoms with Crippen LogP contribution in [0.1, 0.15) is 55.5 Å². The average molecular weight is 687 g/mol. The Morgan fingerprint density at radius 2 is 0.942 bits per heavy atom. The molecule has 0 N–H and O–H groups in total. The van der Waals surface area contributed by atoms with Gasteiger partial charge in [-0.1, -0.05) is 103 Å². The number of benzene rings is 5. The topological polar surface area (TPSA) is 40.8 Å². The predicted octanol–water partition coefficient (Wildman–Crippen LogP) is 9.01. The number of ether oxygens (including phenoxy) is 2. The molecule has 5 nitrogen and oxygen atoms in total. The molecule has 260 valence electrons. The molecule has 1 aromatic heterocycles. The third-order valence-corrected chi connectivity index (χ3v) is 10.3. The van der Waals surface area contributed by atoms with Gasteiger partial charge in [-0.2, -0.15) is 0 Å². The first kappa shape index (κ1) is 35.0. The van der Waals surface area contributed by atoms with Crippen molar-refractivity contribution in [2.75, 3.05) is 14.2 Å². The molecule has 1 saturated heterocycles. The molecule has 0 bridgehead atoms. The van der Waals surface area contributed by atoms with Gasteiger partial charge in [-0.25, -0.2) is 4.57 Å². The maximum atomic E-state index is 6.24. The van der Waals surface area contributed by atoms with Crippen LogP contribution in [0.2, 0.25) is 0 Å². The Hall–Kier alpha value is -5.43. The average Bonchev–Trinajstić information content (AvgIpc) is 3.40. The lowest BCUT2D eigenvalue weighted by molar-refractivity contribution is -0.688. The molecule has 0 spiro atoms. The molecule has 1 aliphatic rings. The second-order valence-corrected chi connectivity index (χ2v) is 14.2. The van der Waals surface area contributed by atoms with E-state index in [9.17, 15) is 0 Å². The number of nitrogens with zero attached hydrogens (tertiary/aromatic N) is 1. The van der Waals surface area contributed by atoms with Crippen molar-refractivity contribution in [1.29, 1.82) is 0 Å². The fourth-order valence-electron chi connectivity index (χ4n) is 6.59. The number of methoxy groups -OCH3 is 2. The van der Waals surface area contributed by atoms with E-state index in [4.69, 9.17) is 18.8 Å². The molecule has 0 unspecified atom stereocenters. The summed E-state index contributed by atoms with van der Waals surface area (Å²) in [6.07, 6.45) is 4.29. The zero-order valence-electron chi connectivity index (χ0n) is 30.8. The van der Waals surface area contributed by atoms with Crippen LogP contribution < -0.4 is 19.5 Å². The lowest BCUT2D eigenvalue weighted by Gasteiger charge is -2.32. The van der Waals surface area contributed by atoms with E-state index < -0.39 is 0 Å². The van der Waals surface area contributed by atoms with E-state index in [0.29, 0.717) is 0 Å². The van der Waals surface area contributed by atoms with Gasteiger partial charge >= 0.3 is 7.12 Å². The molecular formula is C46H45BNO4+. The van der Waals surface area contributed by atoms with Crippen molar-refractivity contribution >= 4 is 23.7 Å². The highest BCUT2D eigenvalue weighted by molar-refractivity contribution is 6.62. The summed E-state index contributed by atoms with van der Waals surface area (Å²) in [7, 11) is 3.04. The minimum Gasteiger partial charge on any atom is -0.497 e. The Morgan fingerprint density at radius 3 is 1.40 bits per heavy atom. The summed E-state index contributed by atoms with van der Waals surface area (Å²) in [6, 6.07) is 49.0. The molecule has 2 heterocycles. The summed E-state index contributed by atoms with van der Waals surface area (Å²) < 4.78 is 25.7. The molecule has 6 heteroatoms. The number of pyridine rings is 1. The van der Waals surface area contributed by atoms with Gasteiger partial charge in [0.2, 0.25) is 0 Å². The Morgan fingerprint density at radius 1 is 0.519 bits per heavy atom. The van der Waals surface area contributed by atoms with Crippen molar-refractivity contribution in [1.82, 2.24) is 0 Å². The summed E-state index contributed by atoms with van der Waals surface area (Å²) in [5.41, 5.74) is 10.6. The van der Waals surface area contributed by atoms with E-state index in [0.717, 1.165) is 68.0 Å². The quantitative estimate of drug-likeness (QED) is 0.0820. The largest absolute Gasteiger partial charge is 0.497 e. The van der Waals surface area contributed by atoms with Crippen molar-refractivity contribution in [3.8, 4) is 22.6 Å². The van der Waals surface area contributed by atoms with Crippen molar-refractivity contribution in [2.45, 2.75) is 45.4 Å². The van der Waals surface area contributed by atoms with E-state index in [1.54, 1.807) is 14.2 Å². The summed E-state index contributed by atoms with van der Waals surface area (Å²) in [5, 5.41) is 0. The van der Waals surface area contributed by atoms with E-state index >= 15 is 0 Å². The van der Waals surface area contributed by atoms with Gasteiger partial charge in [-0.05, 0) is 102 Å². The highest BCUT2D eigenvalue weighted by Crippen LogP contribution is 2.39. The van der Waals surface area contributed by atoms with Gasteiger partial charge in [0.1, 0.15) is 11.5 Å². The fourth-order valence-corrected chi connectivity index (χ4v) is 6.59. The SMILES string of the molecule is COc1ccc(C(=C(c2ccccc2)c2ccc(-c3cc[n+](Cc4ccc(B5OC(C)(C)C(C)(C)O5)cc4)cc3)cc2)c2ccc(OC)cc2)cc1. The molecule has 7 rings (SSSR count). The number of hydrogen-bond donors (Lipinski definition) is 0. The minimum absolute atomic E-state index is 0.354. The molecule has 0 aliphatic carbocycles. The van der Waals surface area contributed by atoms with Crippen LogP contribution in [0, 0.1) is 0 Å². The van der Waals surface area contributed by atoms with Crippen molar-refractivity contribution in [3.05, 3.63) is 180 Å².